The third kappa shape index (κ3) is 14.0. The second-order valence-corrected chi connectivity index (χ2v) is 3.90. The van der Waals surface area contributed by atoms with Crippen molar-refractivity contribution in [2.24, 2.45) is 0 Å². The molecule has 108 valence electrons. The Hall–Kier alpha value is -2.04. The SMILES string of the molecule is C1CO1.C1CO1.Oc1ccccc1.Oc1ccccc1. The molecule has 4 heteroatoms. The van der Waals surface area contributed by atoms with Gasteiger partial charge in [0.15, 0.2) is 0 Å². The van der Waals surface area contributed by atoms with E-state index < -0.39 is 0 Å². The number of para-hydroxylation sites is 2. The molecule has 0 radical (unpaired) electrons. The van der Waals surface area contributed by atoms with Gasteiger partial charge < -0.3 is 19.7 Å². The Morgan fingerprint density at radius 2 is 0.800 bits per heavy atom. The van der Waals surface area contributed by atoms with Gasteiger partial charge in [0.1, 0.15) is 11.5 Å². The van der Waals surface area contributed by atoms with Gasteiger partial charge in [0.2, 0.25) is 0 Å². The van der Waals surface area contributed by atoms with Crippen LogP contribution in [0.25, 0.3) is 0 Å². The maximum absolute atomic E-state index is 8.63. The quantitative estimate of drug-likeness (QED) is 0.726. The van der Waals surface area contributed by atoms with E-state index in [4.69, 9.17) is 10.2 Å². The van der Waals surface area contributed by atoms with Crippen LogP contribution in [0.3, 0.4) is 0 Å². The molecule has 0 spiro atoms. The molecule has 2 heterocycles. The molecule has 0 saturated carbocycles. The summed E-state index contributed by atoms with van der Waals surface area (Å²) in [5.74, 6) is 0.644. The monoisotopic (exact) mass is 276 g/mol. The van der Waals surface area contributed by atoms with Gasteiger partial charge in [-0.3, -0.25) is 0 Å². The Morgan fingerprint density at radius 1 is 0.550 bits per heavy atom. The molecule has 2 aliphatic rings. The Labute approximate surface area is 119 Å². The fourth-order valence-corrected chi connectivity index (χ4v) is 0.856. The number of rotatable bonds is 0. The smallest absolute Gasteiger partial charge is 0.115 e. The lowest BCUT2D eigenvalue weighted by molar-refractivity contribution is 0.475. The number of phenols is 2. The van der Waals surface area contributed by atoms with E-state index in [0.717, 1.165) is 26.4 Å². The van der Waals surface area contributed by atoms with Gasteiger partial charge >= 0.3 is 0 Å². The van der Waals surface area contributed by atoms with Crippen molar-refractivity contribution in [1.82, 2.24) is 0 Å². The lowest BCUT2D eigenvalue weighted by Crippen LogP contribution is -1.56. The van der Waals surface area contributed by atoms with Crippen LogP contribution >= 0.6 is 0 Å². The van der Waals surface area contributed by atoms with E-state index in [1.165, 1.54) is 0 Å². The molecule has 4 nitrogen and oxygen atoms in total. The van der Waals surface area contributed by atoms with Crippen LogP contribution in [-0.4, -0.2) is 36.6 Å². The standard InChI is InChI=1S/2C6H6O.2C2H4O/c2*7-6-4-2-1-3-5-6;2*1-2-3-1/h2*1-5,7H;2*1-2H2. The third-order valence-electron chi connectivity index (χ3n) is 1.92. The van der Waals surface area contributed by atoms with E-state index in [1.807, 2.05) is 12.1 Å². The predicted octanol–water partition coefficient (Wildman–Crippen LogP) is 2.82. The van der Waals surface area contributed by atoms with E-state index >= 15 is 0 Å². The summed E-state index contributed by atoms with van der Waals surface area (Å²) in [6, 6.07) is 17.4. The number of phenolic OH excluding ortho intramolecular Hbond substituents is 2. The van der Waals surface area contributed by atoms with Crippen LogP contribution < -0.4 is 0 Å². The second kappa shape index (κ2) is 10.8. The molecule has 0 bridgehead atoms. The van der Waals surface area contributed by atoms with Crippen molar-refractivity contribution in [2.45, 2.75) is 0 Å². The van der Waals surface area contributed by atoms with Crippen LogP contribution in [0.15, 0.2) is 60.7 Å². The van der Waals surface area contributed by atoms with Crippen molar-refractivity contribution >= 4 is 0 Å². The number of epoxide rings is 2. The molecule has 2 aromatic carbocycles. The highest BCUT2D eigenvalue weighted by Gasteiger charge is 1.94. The summed E-state index contributed by atoms with van der Waals surface area (Å²) in [4.78, 5) is 0. The number of ether oxygens (including phenoxy) is 2. The zero-order valence-electron chi connectivity index (χ0n) is 11.3. The van der Waals surface area contributed by atoms with Gasteiger partial charge in [0.25, 0.3) is 0 Å². The maximum atomic E-state index is 8.63. The minimum atomic E-state index is 0.322. The minimum Gasteiger partial charge on any atom is -0.508 e. The van der Waals surface area contributed by atoms with Crippen molar-refractivity contribution in [3.05, 3.63) is 60.7 Å². The first-order valence-electron chi connectivity index (χ1n) is 6.42. The summed E-state index contributed by atoms with van der Waals surface area (Å²) < 4.78 is 9.00. The fraction of sp³-hybridized carbons (Fsp3) is 0.250. The molecule has 0 aliphatic carbocycles. The topological polar surface area (TPSA) is 65.5 Å². The van der Waals surface area contributed by atoms with E-state index in [9.17, 15) is 0 Å². The zero-order valence-corrected chi connectivity index (χ0v) is 11.3. The highest BCUT2D eigenvalue weighted by molar-refractivity contribution is 5.19. The number of benzene rings is 2. The normalized spacial score (nSPS) is 13.2. The molecule has 0 amide bonds. The van der Waals surface area contributed by atoms with Crippen molar-refractivity contribution in [2.75, 3.05) is 26.4 Å². The Bertz CT molecular complexity index is 378. The Balaban J connectivity index is 0.000000143. The van der Waals surface area contributed by atoms with Crippen molar-refractivity contribution in [1.29, 1.82) is 0 Å². The predicted molar refractivity (Wildman–Crippen MR) is 77.9 cm³/mol. The summed E-state index contributed by atoms with van der Waals surface area (Å²) >= 11 is 0. The second-order valence-electron chi connectivity index (χ2n) is 3.90. The lowest BCUT2D eigenvalue weighted by Gasteiger charge is -1.82. The first-order valence-corrected chi connectivity index (χ1v) is 6.42. The van der Waals surface area contributed by atoms with Crippen molar-refractivity contribution in [3.63, 3.8) is 0 Å². The van der Waals surface area contributed by atoms with Crippen LogP contribution in [0.5, 0.6) is 11.5 Å². The van der Waals surface area contributed by atoms with Crippen molar-refractivity contribution < 1.29 is 19.7 Å². The summed E-state index contributed by atoms with van der Waals surface area (Å²) in [5, 5.41) is 17.3. The molecule has 0 unspecified atom stereocenters. The molecule has 4 rings (SSSR count). The van der Waals surface area contributed by atoms with Gasteiger partial charge in [0.05, 0.1) is 26.4 Å². The highest BCUT2D eigenvalue weighted by Crippen LogP contribution is 2.03. The van der Waals surface area contributed by atoms with Gasteiger partial charge in [-0.25, -0.2) is 0 Å². The molecule has 2 aliphatic heterocycles. The molecule has 0 aromatic heterocycles. The molecular weight excluding hydrogens is 256 g/mol. The third-order valence-corrected chi connectivity index (χ3v) is 1.92. The number of aromatic hydroxyl groups is 2. The van der Waals surface area contributed by atoms with Gasteiger partial charge in [0, 0.05) is 0 Å². The Kier molecular flexibility index (Phi) is 8.68. The van der Waals surface area contributed by atoms with Gasteiger partial charge in [-0.05, 0) is 24.3 Å². The molecule has 2 aromatic rings. The zero-order chi connectivity index (χ0) is 14.5. The van der Waals surface area contributed by atoms with Crippen LogP contribution in [0.2, 0.25) is 0 Å². The average molecular weight is 276 g/mol. The van der Waals surface area contributed by atoms with Crippen molar-refractivity contribution in [3.8, 4) is 11.5 Å². The summed E-state index contributed by atoms with van der Waals surface area (Å²) in [6.07, 6.45) is 0. The van der Waals surface area contributed by atoms with Crippen LogP contribution in [0.1, 0.15) is 0 Å². The number of hydrogen-bond donors (Lipinski definition) is 2. The largest absolute Gasteiger partial charge is 0.508 e. The Morgan fingerprint density at radius 3 is 0.900 bits per heavy atom. The molecular formula is C16H20O4. The van der Waals surface area contributed by atoms with E-state index in [2.05, 4.69) is 9.47 Å². The average Bonchev–Trinajstić information content (AvgIpc) is 3.36. The number of hydrogen-bond acceptors (Lipinski definition) is 4. The summed E-state index contributed by atoms with van der Waals surface area (Å²) in [7, 11) is 0. The van der Waals surface area contributed by atoms with Crippen LogP contribution in [0.4, 0.5) is 0 Å². The molecule has 2 N–H and O–H groups in total. The van der Waals surface area contributed by atoms with Gasteiger partial charge in [-0.15, -0.1) is 0 Å². The van der Waals surface area contributed by atoms with E-state index in [-0.39, 0.29) is 0 Å². The lowest BCUT2D eigenvalue weighted by atomic mass is 10.3. The van der Waals surface area contributed by atoms with E-state index in [1.54, 1.807) is 48.5 Å². The molecule has 2 fully saturated rings. The molecule has 2 saturated heterocycles. The fourth-order valence-electron chi connectivity index (χ4n) is 0.856. The minimum absolute atomic E-state index is 0.322. The molecule has 0 atom stereocenters. The van der Waals surface area contributed by atoms with Crippen LogP contribution in [0, 0.1) is 0 Å². The summed E-state index contributed by atoms with van der Waals surface area (Å²) in [6.45, 7) is 4.00. The first kappa shape index (κ1) is 16.0. The van der Waals surface area contributed by atoms with E-state index in [0.29, 0.717) is 11.5 Å². The van der Waals surface area contributed by atoms with Crippen LogP contribution in [-0.2, 0) is 9.47 Å². The summed E-state index contributed by atoms with van der Waals surface area (Å²) in [5.41, 5.74) is 0. The van der Waals surface area contributed by atoms with Gasteiger partial charge in [-0.2, -0.15) is 0 Å². The molecule has 20 heavy (non-hydrogen) atoms. The first-order chi connectivity index (χ1) is 9.79. The highest BCUT2D eigenvalue weighted by atomic mass is 16.6. The maximum Gasteiger partial charge on any atom is 0.115 e. The van der Waals surface area contributed by atoms with Gasteiger partial charge in [-0.1, -0.05) is 36.4 Å².